The first-order valence-corrected chi connectivity index (χ1v) is 6.98. The third-order valence-electron chi connectivity index (χ3n) is 3.67. The first kappa shape index (κ1) is 12.2. The Hall–Kier alpha value is -2.55. The number of pyridine rings is 1. The molecule has 3 heterocycles. The summed E-state index contributed by atoms with van der Waals surface area (Å²) in [6.45, 7) is 4.09. The number of furan rings is 1. The number of rotatable bonds is 1. The van der Waals surface area contributed by atoms with Crippen LogP contribution in [0.1, 0.15) is 19.4 Å². The highest BCUT2D eigenvalue weighted by atomic mass is 16.5. The second-order valence-electron chi connectivity index (χ2n) is 5.78. The van der Waals surface area contributed by atoms with Gasteiger partial charge in [-0.1, -0.05) is 0 Å². The van der Waals surface area contributed by atoms with Crippen molar-refractivity contribution in [2.24, 2.45) is 0 Å². The van der Waals surface area contributed by atoms with E-state index in [1.807, 2.05) is 38.1 Å². The van der Waals surface area contributed by atoms with E-state index < -0.39 is 0 Å². The number of nitrogens with zero attached hydrogens (tertiary/aromatic N) is 1. The molecular formula is C18H15NO2. The number of benzene rings is 1. The van der Waals surface area contributed by atoms with Gasteiger partial charge in [0.05, 0.1) is 5.56 Å². The molecule has 0 atom stereocenters. The lowest BCUT2D eigenvalue weighted by Crippen LogP contribution is -2.27. The van der Waals surface area contributed by atoms with E-state index in [-0.39, 0.29) is 5.60 Å². The van der Waals surface area contributed by atoms with Gasteiger partial charge in [-0.25, -0.2) is 0 Å². The molecule has 0 spiro atoms. The van der Waals surface area contributed by atoms with Crippen molar-refractivity contribution in [3.63, 3.8) is 0 Å². The summed E-state index contributed by atoms with van der Waals surface area (Å²) in [4.78, 5) is 4.04. The fourth-order valence-corrected chi connectivity index (χ4v) is 2.61. The first-order chi connectivity index (χ1) is 10.1. The van der Waals surface area contributed by atoms with Gasteiger partial charge in [-0.2, -0.15) is 0 Å². The standard InChI is InChI=1S/C18H15NO2/c1-18(2)8-5-14-15(21-18)4-3-13-11-16(20-17(13)14)12-6-9-19-10-7-12/h3-11H,1-2H3. The van der Waals surface area contributed by atoms with Gasteiger partial charge >= 0.3 is 0 Å². The summed E-state index contributed by atoms with van der Waals surface area (Å²) in [5.74, 6) is 1.71. The zero-order valence-corrected chi connectivity index (χ0v) is 12.0. The monoisotopic (exact) mass is 277 g/mol. The lowest BCUT2D eigenvalue weighted by Gasteiger charge is -2.27. The minimum atomic E-state index is -0.277. The molecule has 1 aliphatic heterocycles. The summed E-state index contributed by atoms with van der Waals surface area (Å²) < 4.78 is 12.0. The molecule has 3 aromatic rings. The van der Waals surface area contributed by atoms with Crippen LogP contribution in [0.5, 0.6) is 5.75 Å². The minimum Gasteiger partial charge on any atom is -0.483 e. The van der Waals surface area contributed by atoms with Crippen molar-refractivity contribution < 1.29 is 9.15 Å². The first-order valence-electron chi connectivity index (χ1n) is 6.98. The van der Waals surface area contributed by atoms with Gasteiger partial charge in [-0.15, -0.1) is 0 Å². The molecule has 0 radical (unpaired) electrons. The van der Waals surface area contributed by atoms with Crippen molar-refractivity contribution in [1.29, 1.82) is 0 Å². The Balaban J connectivity index is 1.90. The Kier molecular flexibility index (Phi) is 2.45. The second kappa shape index (κ2) is 4.22. The Labute approximate surface area is 122 Å². The van der Waals surface area contributed by atoms with Gasteiger partial charge in [0.15, 0.2) is 0 Å². The molecule has 0 saturated heterocycles. The Morgan fingerprint density at radius 2 is 1.86 bits per heavy atom. The Morgan fingerprint density at radius 3 is 2.67 bits per heavy atom. The molecule has 104 valence electrons. The van der Waals surface area contributed by atoms with Crippen LogP contribution in [-0.4, -0.2) is 10.6 Å². The maximum Gasteiger partial charge on any atom is 0.145 e. The lowest BCUT2D eigenvalue weighted by molar-refractivity contribution is 0.159. The van der Waals surface area contributed by atoms with Crippen molar-refractivity contribution in [3.05, 3.63) is 54.4 Å². The maximum absolute atomic E-state index is 6.06. The van der Waals surface area contributed by atoms with Gasteiger partial charge in [0.1, 0.15) is 22.7 Å². The highest BCUT2D eigenvalue weighted by molar-refractivity contribution is 5.92. The van der Waals surface area contributed by atoms with E-state index in [0.29, 0.717) is 0 Å². The van der Waals surface area contributed by atoms with Crippen molar-refractivity contribution in [1.82, 2.24) is 4.98 Å². The third-order valence-corrected chi connectivity index (χ3v) is 3.67. The lowest BCUT2D eigenvalue weighted by atomic mass is 10.0. The van der Waals surface area contributed by atoms with Gasteiger partial charge in [0.2, 0.25) is 0 Å². The summed E-state index contributed by atoms with van der Waals surface area (Å²) in [6, 6.07) is 9.99. The molecule has 0 N–H and O–H groups in total. The van der Waals surface area contributed by atoms with E-state index in [1.54, 1.807) is 12.4 Å². The third kappa shape index (κ3) is 2.02. The zero-order valence-electron chi connectivity index (χ0n) is 12.0. The molecule has 3 heteroatoms. The van der Waals surface area contributed by atoms with Crippen LogP contribution in [0, 0.1) is 0 Å². The molecule has 21 heavy (non-hydrogen) atoms. The van der Waals surface area contributed by atoms with Gasteiger partial charge in [0.25, 0.3) is 0 Å². The predicted molar refractivity (Wildman–Crippen MR) is 83.2 cm³/mol. The van der Waals surface area contributed by atoms with Crippen molar-refractivity contribution in [2.75, 3.05) is 0 Å². The van der Waals surface area contributed by atoms with Crippen LogP contribution in [-0.2, 0) is 0 Å². The van der Waals surface area contributed by atoms with E-state index in [2.05, 4.69) is 23.2 Å². The quantitative estimate of drug-likeness (QED) is 0.648. The number of ether oxygens (including phenoxy) is 1. The highest BCUT2D eigenvalue weighted by Crippen LogP contribution is 2.38. The number of hydrogen-bond acceptors (Lipinski definition) is 3. The van der Waals surface area contributed by atoms with Crippen LogP contribution in [0.4, 0.5) is 0 Å². The Morgan fingerprint density at radius 1 is 1.05 bits per heavy atom. The molecule has 2 aromatic heterocycles. The van der Waals surface area contributed by atoms with Gasteiger partial charge in [-0.05, 0) is 56.3 Å². The summed E-state index contributed by atoms with van der Waals surface area (Å²) in [6.07, 6.45) is 7.68. The van der Waals surface area contributed by atoms with Gasteiger partial charge in [0, 0.05) is 23.3 Å². The van der Waals surface area contributed by atoms with Crippen molar-refractivity contribution in [3.8, 4) is 17.1 Å². The molecule has 4 rings (SSSR count). The fraction of sp³-hybridized carbons (Fsp3) is 0.167. The Bertz CT molecular complexity index is 844. The molecule has 0 unspecified atom stereocenters. The molecule has 0 aliphatic carbocycles. The van der Waals surface area contributed by atoms with Gasteiger partial charge in [-0.3, -0.25) is 4.98 Å². The smallest absolute Gasteiger partial charge is 0.145 e. The van der Waals surface area contributed by atoms with Crippen molar-refractivity contribution in [2.45, 2.75) is 19.4 Å². The largest absolute Gasteiger partial charge is 0.483 e. The molecule has 3 nitrogen and oxygen atoms in total. The molecule has 0 fully saturated rings. The zero-order chi connectivity index (χ0) is 14.4. The minimum absolute atomic E-state index is 0.277. The van der Waals surface area contributed by atoms with E-state index in [0.717, 1.165) is 33.6 Å². The SMILES string of the molecule is CC1(C)C=Cc2c(ccc3cc(-c4ccncc4)oc23)O1. The summed E-state index contributed by atoms with van der Waals surface area (Å²) in [7, 11) is 0. The van der Waals surface area contributed by atoms with Crippen LogP contribution in [0.3, 0.4) is 0 Å². The average molecular weight is 277 g/mol. The molecule has 0 bridgehead atoms. The molecule has 1 aliphatic rings. The van der Waals surface area contributed by atoms with E-state index >= 15 is 0 Å². The second-order valence-corrected chi connectivity index (χ2v) is 5.78. The number of hydrogen-bond donors (Lipinski definition) is 0. The van der Waals surface area contributed by atoms with Crippen LogP contribution in [0.25, 0.3) is 28.4 Å². The maximum atomic E-state index is 6.06. The normalized spacial score (nSPS) is 15.7. The highest BCUT2D eigenvalue weighted by Gasteiger charge is 2.24. The van der Waals surface area contributed by atoms with Crippen molar-refractivity contribution >= 4 is 17.0 Å². The molecular weight excluding hydrogens is 262 g/mol. The van der Waals surface area contributed by atoms with E-state index in [1.165, 1.54) is 0 Å². The van der Waals surface area contributed by atoms with Crippen LogP contribution < -0.4 is 4.74 Å². The molecule has 0 amide bonds. The van der Waals surface area contributed by atoms with Gasteiger partial charge < -0.3 is 9.15 Å². The summed E-state index contributed by atoms with van der Waals surface area (Å²) in [5, 5.41) is 1.08. The van der Waals surface area contributed by atoms with E-state index in [9.17, 15) is 0 Å². The van der Waals surface area contributed by atoms with Crippen LogP contribution in [0.2, 0.25) is 0 Å². The molecule has 0 saturated carbocycles. The summed E-state index contributed by atoms with van der Waals surface area (Å²) in [5.41, 5.74) is 2.62. The van der Waals surface area contributed by atoms with Crippen LogP contribution in [0.15, 0.2) is 53.2 Å². The fourth-order valence-electron chi connectivity index (χ4n) is 2.61. The number of aromatic nitrogens is 1. The average Bonchev–Trinajstić information content (AvgIpc) is 2.91. The van der Waals surface area contributed by atoms with E-state index in [4.69, 9.17) is 9.15 Å². The van der Waals surface area contributed by atoms with Crippen LogP contribution >= 0.6 is 0 Å². The topological polar surface area (TPSA) is 35.3 Å². The predicted octanol–water partition coefficient (Wildman–Crippen LogP) is 4.68. The molecule has 1 aromatic carbocycles. The summed E-state index contributed by atoms with van der Waals surface area (Å²) >= 11 is 0. The number of fused-ring (bicyclic) bond motifs is 3.